The standard InChI is InChI=1S/C16H23FN2O/c17-15-2-1-14(11-13-3-5-18-6-4-13)16(12-15)19-7-9-20-10-8-19/h1-2,12-13,18H,3-11H2. The van der Waals surface area contributed by atoms with Crippen molar-refractivity contribution in [2.24, 2.45) is 5.92 Å². The van der Waals surface area contributed by atoms with Crippen molar-refractivity contribution in [3.63, 3.8) is 0 Å². The summed E-state index contributed by atoms with van der Waals surface area (Å²) in [7, 11) is 0. The van der Waals surface area contributed by atoms with E-state index in [1.807, 2.05) is 6.07 Å². The Morgan fingerprint density at radius 2 is 1.95 bits per heavy atom. The first-order chi connectivity index (χ1) is 9.83. The van der Waals surface area contributed by atoms with Crippen molar-refractivity contribution in [3.8, 4) is 0 Å². The first kappa shape index (κ1) is 13.8. The Balaban J connectivity index is 1.77. The summed E-state index contributed by atoms with van der Waals surface area (Å²) in [5, 5.41) is 3.40. The first-order valence-electron chi connectivity index (χ1n) is 7.65. The molecule has 4 heteroatoms. The molecule has 0 amide bonds. The van der Waals surface area contributed by atoms with Gasteiger partial charge >= 0.3 is 0 Å². The Morgan fingerprint density at radius 1 is 1.20 bits per heavy atom. The molecule has 2 aliphatic rings. The Morgan fingerprint density at radius 3 is 2.70 bits per heavy atom. The largest absolute Gasteiger partial charge is 0.378 e. The fraction of sp³-hybridized carbons (Fsp3) is 0.625. The van der Waals surface area contributed by atoms with Crippen molar-refractivity contribution in [1.29, 1.82) is 0 Å². The molecular formula is C16H23FN2O. The third kappa shape index (κ3) is 3.30. The van der Waals surface area contributed by atoms with Crippen LogP contribution in [-0.4, -0.2) is 39.4 Å². The number of nitrogens with zero attached hydrogens (tertiary/aromatic N) is 1. The number of morpholine rings is 1. The average Bonchev–Trinajstić information content (AvgIpc) is 2.51. The number of halogens is 1. The van der Waals surface area contributed by atoms with Gasteiger partial charge in [-0.25, -0.2) is 4.39 Å². The molecule has 0 spiro atoms. The lowest BCUT2D eigenvalue weighted by molar-refractivity contribution is 0.122. The summed E-state index contributed by atoms with van der Waals surface area (Å²) in [4.78, 5) is 2.27. The van der Waals surface area contributed by atoms with Gasteiger partial charge in [0, 0.05) is 18.8 Å². The number of hydrogen-bond donors (Lipinski definition) is 1. The normalized spacial score (nSPS) is 21.1. The summed E-state index contributed by atoms with van der Waals surface area (Å²) in [5.74, 6) is 0.585. The van der Waals surface area contributed by atoms with Crippen molar-refractivity contribution in [2.45, 2.75) is 19.3 Å². The molecule has 0 radical (unpaired) electrons. The molecule has 2 aliphatic heterocycles. The second kappa shape index (κ2) is 6.55. The van der Waals surface area contributed by atoms with Gasteiger partial charge in [-0.2, -0.15) is 0 Å². The van der Waals surface area contributed by atoms with Gasteiger partial charge in [0.25, 0.3) is 0 Å². The van der Waals surface area contributed by atoms with Crippen LogP contribution in [0.3, 0.4) is 0 Å². The first-order valence-corrected chi connectivity index (χ1v) is 7.65. The molecule has 0 aromatic heterocycles. The highest BCUT2D eigenvalue weighted by Gasteiger charge is 2.19. The lowest BCUT2D eigenvalue weighted by Crippen LogP contribution is -2.37. The fourth-order valence-electron chi connectivity index (χ4n) is 3.21. The van der Waals surface area contributed by atoms with Crippen LogP contribution in [0.5, 0.6) is 0 Å². The quantitative estimate of drug-likeness (QED) is 0.917. The van der Waals surface area contributed by atoms with E-state index in [0.717, 1.165) is 57.4 Å². The van der Waals surface area contributed by atoms with Crippen LogP contribution < -0.4 is 10.2 Å². The van der Waals surface area contributed by atoms with Crippen LogP contribution >= 0.6 is 0 Å². The summed E-state index contributed by atoms with van der Waals surface area (Å²) in [6.07, 6.45) is 3.51. The van der Waals surface area contributed by atoms with Gasteiger partial charge in [-0.3, -0.25) is 0 Å². The highest BCUT2D eigenvalue weighted by atomic mass is 19.1. The molecule has 1 N–H and O–H groups in total. The number of ether oxygens (including phenoxy) is 1. The molecule has 2 saturated heterocycles. The molecule has 2 fully saturated rings. The average molecular weight is 278 g/mol. The van der Waals surface area contributed by atoms with E-state index in [0.29, 0.717) is 0 Å². The minimum absolute atomic E-state index is 0.138. The summed E-state index contributed by atoms with van der Waals surface area (Å²) in [6.45, 7) is 5.43. The third-order valence-corrected chi connectivity index (χ3v) is 4.37. The van der Waals surface area contributed by atoms with E-state index in [-0.39, 0.29) is 5.82 Å². The van der Waals surface area contributed by atoms with Crippen LogP contribution in [0, 0.1) is 11.7 Å². The molecule has 0 bridgehead atoms. The van der Waals surface area contributed by atoms with Crippen LogP contribution in [0.25, 0.3) is 0 Å². The smallest absolute Gasteiger partial charge is 0.125 e. The fourth-order valence-corrected chi connectivity index (χ4v) is 3.21. The van der Waals surface area contributed by atoms with Crippen LogP contribution in [-0.2, 0) is 11.2 Å². The van der Waals surface area contributed by atoms with Gasteiger partial charge in [-0.1, -0.05) is 6.07 Å². The number of rotatable bonds is 3. The van der Waals surface area contributed by atoms with Crippen molar-refractivity contribution in [1.82, 2.24) is 5.32 Å². The maximum atomic E-state index is 13.6. The minimum Gasteiger partial charge on any atom is -0.378 e. The highest BCUT2D eigenvalue weighted by molar-refractivity contribution is 5.54. The van der Waals surface area contributed by atoms with E-state index in [1.54, 1.807) is 12.1 Å². The van der Waals surface area contributed by atoms with E-state index in [1.165, 1.54) is 18.4 Å². The highest BCUT2D eigenvalue weighted by Crippen LogP contribution is 2.28. The van der Waals surface area contributed by atoms with E-state index in [9.17, 15) is 4.39 Å². The molecule has 0 saturated carbocycles. The van der Waals surface area contributed by atoms with Crippen molar-refractivity contribution in [2.75, 3.05) is 44.3 Å². The SMILES string of the molecule is Fc1ccc(CC2CCNCC2)c(N2CCOCC2)c1. The summed E-state index contributed by atoms with van der Waals surface area (Å²) in [5.41, 5.74) is 2.37. The van der Waals surface area contributed by atoms with E-state index < -0.39 is 0 Å². The Bertz CT molecular complexity index is 440. The summed E-state index contributed by atoms with van der Waals surface area (Å²) < 4.78 is 19.0. The zero-order valence-electron chi connectivity index (χ0n) is 11.9. The molecule has 0 atom stereocenters. The van der Waals surface area contributed by atoms with Crippen LogP contribution in [0.15, 0.2) is 18.2 Å². The monoisotopic (exact) mass is 278 g/mol. The number of piperidine rings is 1. The molecule has 3 nitrogen and oxygen atoms in total. The molecule has 0 unspecified atom stereocenters. The number of benzene rings is 1. The van der Waals surface area contributed by atoms with E-state index in [4.69, 9.17) is 4.74 Å². The summed E-state index contributed by atoms with van der Waals surface area (Å²) in [6, 6.07) is 5.27. The Hall–Kier alpha value is -1.13. The lowest BCUT2D eigenvalue weighted by Gasteiger charge is -2.32. The predicted octanol–water partition coefficient (Wildman–Crippen LogP) is 2.20. The molecule has 0 aliphatic carbocycles. The minimum atomic E-state index is -0.138. The maximum absolute atomic E-state index is 13.6. The molecule has 1 aromatic rings. The van der Waals surface area contributed by atoms with Gasteiger partial charge in [0.2, 0.25) is 0 Å². The van der Waals surface area contributed by atoms with Crippen molar-refractivity contribution >= 4 is 5.69 Å². The molecule has 20 heavy (non-hydrogen) atoms. The van der Waals surface area contributed by atoms with Crippen LogP contribution in [0.4, 0.5) is 10.1 Å². The summed E-state index contributed by atoms with van der Waals surface area (Å²) >= 11 is 0. The molecule has 110 valence electrons. The zero-order valence-corrected chi connectivity index (χ0v) is 11.9. The second-order valence-electron chi connectivity index (χ2n) is 5.77. The van der Waals surface area contributed by atoms with Crippen LogP contribution in [0.1, 0.15) is 18.4 Å². The van der Waals surface area contributed by atoms with E-state index >= 15 is 0 Å². The number of nitrogens with one attached hydrogen (secondary N) is 1. The Kier molecular flexibility index (Phi) is 4.53. The van der Waals surface area contributed by atoms with Crippen LogP contribution in [0.2, 0.25) is 0 Å². The molecule has 1 aromatic carbocycles. The number of anilines is 1. The van der Waals surface area contributed by atoms with Crippen molar-refractivity contribution < 1.29 is 9.13 Å². The van der Waals surface area contributed by atoms with Gasteiger partial charge < -0.3 is 15.0 Å². The predicted molar refractivity (Wildman–Crippen MR) is 78.7 cm³/mol. The lowest BCUT2D eigenvalue weighted by atomic mass is 9.90. The zero-order chi connectivity index (χ0) is 13.8. The van der Waals surface area contributed by atoms with E-state index in [2.05, 4.69) is 10.2 Å². The van der Waals surface area contributed by atoms with Gasteiger partial charge in [0.05, 0.1) is 13.2 Å². The molecular weight excluding hydrogens is 255 g/mol. The Labute approximate surface area is 120 Å². The van der Waals surface area contributed by atoms with Gasteiger partial charge in [-0.15, -0.1) is 0 Å². The van der Waals surface area contributed by atoms with Gasteiger partial charge in [0.1, 0.15) is 5.82 Å². The second-order valence-corrected chi connectivity index (χ2v) is 5.77. The topological polar surface area (TPSA) is 24.5 Å². The molecule has 2 heterocycles. The molecule has 3 rings (SSSR count). The number of hydrogen-bond acceptors (Lipinski definition) is 3. The van der Waals surface area contributed by atoms with Gasteiger partial charge in [-0.05, 0) is 56.0 Å². The van der Waals surface area contributed by atoms with Gasteiger partial charge in [0.15, 0.2) is 0 Å². The maximum Gasteiger partial charge on any atom is 0.125 e. The third-order valence-electron chi connectivity index (χ3n) is 4.37. The van der Waals surface area contributed by atoms with Crippen molar-refractivity contribution in [3.05, 3.63) is 29.6 Å².